The third kappa shape index (κ3) is 4.96. The fourth-order valence-corrected chi connectivity index (χ4v) is 4.32. The van der Waals surface area contributed by atoms with Crippen LogP contribution in [0.4, 0.5) is 10.5 Å². The molecule has 1 atom stereocenters. The molecule has 0 aliphatic carbocycles. The molecule has 1 amide bonds. The number of hydrogen-bond donors (Lipinski definition) is 0. The van der Waals surface area contributed by atoms with Crippen LogP contribution in [0.25, 0.3) is 16.9 Å². The molecule has 1 aliphatic rings. The number of nitrogens with zero attached hydrogens (tertiary/aromatic N) is 5. The number of ether oxygens (including phenoxy) is 1. The maximum atomic E-state index is 12.4. The Bertz CT molecular complexity index is 1080. The largest absolute Gasteiger partial charge is 0.444 e. The van der Waals surface area contributed by atoms with E-state index in [1.165, 1.54) is 0 Å². The van der Waals surface area contributed by atoms with Crippen molar-refractivity contribution in [1.29, 1.82) is 0 Å². The van der Waals surface area contributed by atoms with Gasteiger partial charge in [0.05, 0.1) is 10.2 Å². The number of benzene rings is 1. The van der Waals surface area contributed by atoms with E-state index in [4.69, 9.17) is 9.84 Å². The number of amides is 1. The monoisotopic (exact) mass is 497 g/mol. The smallest absolute Gasteiger partial charge is 0.410 e. The summed E-state index contributed by atoms with van der Waals surface area (Å²) in [5, 5.41) is 4.74. The van der Waals surface area contributed by atoms with Gasteiger partial charge in [-0.25, -0.2) is 9.48 Å². The molecule has 1 aliphatic heterocycles. The highest BCUT2D eigenvalue weighted by Gasteiger charge is 2.29. The van der Waals surface area contributed by atoms with Gasteiger partial charge in [-0.1, -0.05) is 0 Å². The minimum atomic E-state index is -0.480. The Hall–Kier alpha value is -2.87. The summed E-state index contributed by atoms with van der Waals surface area (Å²) in [4.78, 5) is 20.6. The molecule has 0 bridgehead atoms. The summed E-state index contributed by atoms with van der Waals surface area (Å²) in [5.41, 5.74) is 3.52. The van der Waals surface area contributed by atoms with E-state index < -0.39 is 5.60 Å². The second-order valence-electron chi connectivity index (χ2n) is 8.99. The Morgan fingerprint density at radius 1 is 1.06 bits per heavy atom. The first-order valence-corrected chi connectivity index (χ1v) is 11.5. The first kappa shape index (κ1) is 22.3. The quantitative estimate of drug-likeness (QED) is 0.500. The molecule has 1 fully saturated rings. The van der Waals surface area contributed by atoms with Crippen molar-refractivity contribution in [1.82, 2.24) is 19.7 Å². The Morgan fingerprint density at radius 3 is 2.34 bits per heavy atom. The van der Waals surface area contributed by atoms with Crippen LogP contribution in [0.3, 0.4) is 0 Å². The number of carbonyl (C=O) groups excluding carboxylic acids is 1. The summed E-state index contributed by atoms with van der Waals surface area (Å²) >= 11 is 3.62. The summed E-state index contributed by atoms with van der Waals surface area (Å²) in [7, 11) is 0. The molecule has 0 unspecified atom stereocenters. The molecule has 168 valence electrons. The number of hydrogen-bond acceptors (Lipinski definition) is 5. The van der Waals surface area contributed by atoms with Gasteiger partial charge in [0.25, 0.3) is 0 Å². The molecule has 3 heterocycles. The van der Waals surface area contributed by atoms with Crippen molar-refractivity contribution < 1.29 is 9.53 Å². The molecule has 1 saturated heterocycles. The molecule has 8 heteroatoms. The number of piperazine rings is 1. The first-order valence-electron chi connectivity index (χ1n) is 10.7. The van der Waals surface area contributed by atoms with Crippen LogP contribution >= 0.6 is 15.9 Å². The molecule has 0 N–H and O–H groups in total. The van der Waals surface area contributed by atoms with E-state index >= 15 is 0 Å². The van der Waals surface area contributed by atoms with E-state index in [1.807, 2.05) is 43.8 Å². The van der Waals surface area contributed by atoms with Gasteiger partial charge in [0, 0.05) is 55.5 Å². The van der Waals surface area contributed by atoms with E-state index in [1.54, 1.807) is 17.3 Å². The average Bonchev–Trinajstić information content (AvgIpc) is 3.15. The predicted molar refractivity (Wildman–Crippen MR) is 129 cm³/mol. The van der Waals surface area contributed by atoms with Crippen LogP contribution in [-0.2, 0) is 4.74 Å². The van der Waals surface area contributed by atoms with E-state index in [0.717, 1.165) is 33.6 Å². The molecule has 0 saturated carbocycles. The Kier molecular flexibility index (Phi) is 6.24. The molecule has 0 radical (unpaired) electrons. The number of halogens is 1. The zero-order valence-electron chi connectivity index (χ0n) is 18.8. The van der Waals surface area contributed by atoms with Crippen LogP contribution in [0.2, 0.25) is 0 Å². The van der Waals surface area contributed by atoms with E-state index in [9.17, 15) is 4.79 Å². The number of carbonyl (C=O) groups is 1. The Morgan fingerprint density at radius 2 is 1.72 bits per heavy atom. The van der Waals surface area contributed by atoms with E-state index in [-0.39, 0.29) is 12.1 Å². The minimum Gasteiger partial charge on any atom is -0.444 e. The van der Waals surface area contributed by atoms with Crippen LogP contribution in [0.5, 0.6) is 0 Å². The maximum Gasteiger partial charge on any atom is 0.410 e. The molecule has 3 aromatic rings. The number of anilines is 1. The van der Waals surface area contributed by atoms with Crippen LogP contribution < -0.4 is 4.90 Å². The van der Waals surface area contributed by atoms with Crippen LogP contribution in [-0.4, -0.2) is 57.0 Å². The summed E-state index contributed by atoms with van der Waals surface area (Å²) in [6.45, 7) is 9.86. The number of pyridine rings is 1. The van der Waals surface area contributed by atoms with Gasteiger partial charge < -0.3 is 14.5 Å². The summed E-state index contributed by atoms with van der Waals surface area (Å²) in [6, 6.07) is 12.4. The van der Waals surface area contributed by atoms with Crippen molar-refractivity contribution in [3.8, 4) is 16.9 Å². The lowest BCUT2D eigenvalue weighted by molar-refractivity contribution is 0.0219. The normalized spacial score (nSPS) is 16.8. The van der Waals surface area contributed by atoms with Gasteiger partial charge in [0.15, 0.2) is 0 Å². The van der Waals surface area contributed by atoms with Gasteiger partial charge in [-0.2, -0.15) is 5.10 Å². The third-order valence-electron chi connectivity index (χ3n) is 5.35. The topological polar surface area (TPSA) is 63.5 Å². The van der Waals surface area contributed by atoms with Crippen LogP contribution in [0.1, 0.15) is 27.7 Å². The molecule has 1 aromatic carbocycles. The number of rotatable bonds is 3. The van der Waals surface area contributed by atoms with Crippen molar-refractivity contribution in [2.75, 3.05) is 24.5 Å². The summed E-state index contributed by atoms with van der Waals surface area (Å²) in [5.74, 6) is 0. The lowest BCUT2D eigenvalue weighted by atomic mass is 10.1. The van der Waals surface area contributed by atoms with Gasteiger partial charge in [0.2, 0.25) is 0 Å². The highest BCUT2D eigenvalue weighted by atomic mass is 79.9. The second-order valence-corrected chi connectivity index (χ2v) is 9.85. The van der Waals surface area contributed by atoms with E-state index in [0.29, 0.717) is 13.1 Å². The van der Waals surface area contributed by atoms with Crippen molar-refractivity contribution in [2.24, 2.45) is 0 Å². The van der Waals surface area contributed by atoms with Gasteiger partial charge in [-0.05, 0) is 80.0 Å². The highest BCUT2D eigenvalue weighted by Crippen LogP contribution is 2.28. The molecule has 0 spiro atoms. The zero-order chi connectivity index (χ0) is 22.9. The van der Waals surface area contributed by atoms with Gasteiger partial charge in [-0.15, -0.1) is 0 Å². The van der Waals surface area contributed by atoms with Gasteiger partial charge >= 0.3 is 6.09 Å². The Labute approximate surface area is 197 Å². The SMILES string of the molecule is C[C@@H]1CN(C(=O)OC(C)(C)C)CCN1c1ccc(-n2cc(Br)c(-c3ccncc3)n2)cc1. The first-order chi connectivity index (χ1) is 15.2. The average molecular weight is 498 g/mol. The predicted octanol–water partition coefficient (Wildman–Crippen LogP) is 5.14. The molecule has 4 rings (SSSR count). The fraction of sp³-hybridized carbons (Fsp3) is 0.375. The van der Waals surface area contributed by atoms with Crippen molar-refractivity contribution >= 4 is 27.7 Å². The summed E-state index contributed by atoms with van der Waals surface area (Å²) < 4.78 is 8.33. The molecular weight excluding hydrogens is 470 g/mol. The molecule has 7 nitrogen and oxygen atoms in total. The highest BCUT2D eigenvalue weighted by molar-refractivity contribution is 9.10. The van der Waals surface area contributed by atoms with Crippen molar-refractivity contribution in [2.45, 2.75) is 39.3 Å². The zero-order valence-corrected chi connectivity index (χ0v) is 20.4. The van der Waals surface area contributed by atoms with E-state index in [2.05, 4.69) is 57.0 Å². The maximum absolute atomic E-state index is 12.4. The van der Waals surface area contributed by atoms with Crippen molar-refractivity contribution in [3.05, 3.63) is 59.5 Å². The standard InChI is InChI=1S/C24H28BrN5O2/c1-17-15-28(23(31)32-24(2,3)4)13-14-29(17)19-5-7-20(8-6-19)30-16-21(25)22(27-30)18-9-11-26-12-10-18/h5-12,16-17H,13-15H2,1-4H3/t17-/m1/s1. The Balaban J connectivity index is 1.45. The van der Waals surface area contributed by atoms with Gasteiger partial charge in [0.1, 0.15) is 11.3 Å². The van der Waals surface area contributed by atoms with Crippen LogP contribution in [0.15, 0.2) is 59.5 Å². The second kappa shape index (κ2) is 8.94. The van der Waals surface area contributed by atoms with Gasteiger partial charge in [-0.3, -0.25) is 4.98 Å². The number of aromatic nitrogens is 3. The third-order valence-corrected chi connectivity index (χ3v) is 5.93. The lowest BCUT2D eigenvalue weighted by Crippen LogP contribution is -2.54. The molecular formula is C24H28BrN5O2. The van der Waals surface area contributed by atoms with Crippen LogP contribution in [0, 0.1) is 0 Å². The lowest BCUT2D eigenvalue weighted by Gasteiger charge is -2.41. The fourth-order valence-electron chi connectivity index (χ4n) is 3.82. The molecule has 2 aromatic heterocycles. The van der Waals surface area contributed by atoms with Crippen molar-refractivity contribution in [3.63, 3.8) is 0 Å². The summed E-state index contributed by atoms with van der Waals surface area (Å²) in [6.07, 6.45) is 5.25. The molecule has 32 heavy (non-hydrogen) atoms. The minimum absolute atomic E-state index is 0.194.